The number of rotatable bonds is 5. The van der Waals surface area contributed by atoms with E-state index in [0.717, 1.165) is 31.2 Å². The van der Waals surface area contributed by atoms with Crippen molar-refractivity contribution in [3.8, 4) is 11.5 Å². The van der Waals surface area contributed by atoms with E-state index in [9.17, 15) is 10.2 Å². The summed E-state index contributed by atoms with van der Waals surface area (Å²) in [7, 11) is 0. The molecule has 2 rings (SSSR count). The Bertz CT molecular complexity index is 400. The van der Waals surface area contributed by atoms with Crippen LogP contribution >= 0.6 is 0 Å². The molecule has 1 aromatic rings. The molecule has 0 amide bonds. The third kappa shape index (κ3) is 3.85. The lowest BCUT2D eigenvalue weighted by atomic mass is 9.93. The van der Waals surface area contributed by atoms with Crippen LogP contribution in [0.2, 0.25) is 0 Å². The van der Waals surface area contributed by atoms with Gasteiger partial charge in [-0.1, -0.05) is 12.1 Å². The second-order valence-corrected chi connectivity index (χ2v) is 5.08. The van der Waals surface area contributed by atoms with Gasteiger partial charge in [-0.25, -0.2) is 0 Å². The number of phenolic OH excluding ortho intramolecular Hbond substituents is 1. The van der Waals surface area contributed by atoms with Gasteiger partial charge in [-0.3, -0.25) is 0 Å². The molecule has 1 aliphatic carbocycles. The van der Waals surface area contributed by atoms with E-state index in [-0.39, 0.29) is 11.9 Å². The van der Waals surface area contributed by atoms with Crippen LogP contribution in [0.3, 0.4) is 0 Å². The van der Waals surface area contributed by atoms with E-state index in [1.54, 1.807) is 6.07 Å². The summed E-state index contributed by atoms with van der Waals surface area (Å²) in [5.41, 5.74) is 0.858. The maximum Gasteiger partial charge on any atom is 0.162 e. The Hall–Kier alpha value is -1.26. The zero-order valence-electron chi connectivity index (χ0n) is 11.4. The van der Waals surface area contributed by atoms with Gasteiger partial charge in [0, 0.05) is 18.2 Å². The lowest BCUT2D eigenvalue weighted by molar-refractivity contribution is 0.116. The molecule has 0 spiro atoms. The highest BCUT2D eigenvalue weighted by atomic mass is 16.5. The second-order valence-electron chi connectivity index (χ2n) is 5.08. The Kier molecular flexibility index (Phi) is 5.05. The summed E-state index contributed by atoms with van der Waals surface area (Å²) in [6, 6.07) is 6.01. The SMILES string of the molecule is CCOc1cccc(CNC2CCC(O)CC2)c1O. The third-order valence-electron chi connectivity index (χ3n) is 3.66. The molecule has 4 heteroatoms. The van der Waals surface area contributed by atoms with E-state index < -0.39 is 0 Å². The lowest BCUT2D eigenvalue weighted by Crippen LogP contribution is -2.34. The fourth-order valence-corrected chi connectivity index (χ4v) is 2.52. The summed E-state index contributed by atoms with van der Waals surface area (Å²) < 4.78 is 5.37. The fraction of sp³-hybridized carbons (Fsp3) is 0.600. The van der Waals surface area contributed by atoms with E-state index in [0.29, 0.717) is 24.9 Å². The Morgan fingerprint density at radius 3 is 2.68 bits per heavy atom. The Morgan fingerprint density at radius 1 is 1.26 bits per heavy atom. The van der Waals surface area contributed by atoms with Gasteiger partial charge in [0.2, 0.25) is 0 Å². The van der Waals surface area contributed by atoms with Crippen LogP contribution in [-0.2, 0) is 6.54 Å². The standard InChI is InChI=1S/C15H23NO3/c1-2-19-14-5-3-4-11(15(14)18)10-16-12-6-8-13(17)9-7-12/h3-5,12-13,16-18H,2,6-10H2,1H3. The number of nitrogens with one attached hydrogen (secondary N) is 1. The van der Waals surface area contributed by atoms with Crippen LogP contribution in [-0.4, -0.2) is 29.0 Å². The minimum Gasteiger partial charge on any atom is -0.504 e. The lowest BCUT2D eigenvalue weighted by Gasteiger charge is -2.26. The zero-order valence-corrected chi connectivity index (χ0v) is 11.4. The molecule has 0 aliphatic heterocycles. The number of aromatic hydroxyl groups is 1. The van der Waals surface area contributed by atoms with E-state index in [1.807, 2.05) is 19.1 Å². The number of aliphatic hydroxyl groups is 1. The normalized spacial score (nSPS) is 23.3. The van der Waals surface area contributed by atoms with Crippen molar-refractivity contribution in [2.45, 2.75) is 51.3 Å². The first-order chi connectivity index (χ1) is 9.20. The van der Waals surface area contributed by atoms with Crippen molar-refractivity contribution in [3.05, 3.63) is 23.8 Å². The molecule has 19 heavy (non-hydrogen) atoms. The van der Waals surface area contributed by atoms with Crippen LogP contribution in [0.25, 0.3) is 0 Å². The Labute approximate surface area is 114 Å². The number of aliphatic hydroxyl groups excluding tert-OH is 1. The van der Waals surface area contributed by atoms with Crippen molar-refractivity contribution >= 4 is 0 Å². The first-order valence-electron chi connectivity index (χ1n) is 7.05. The van der Waals surface area contributed by atoms with Gasteiger partial charge < -0.3 is 20.3 Å². The highest BCUT2D eigenvalue weighted by Gasteiger charge is 2.19. The van der Waals surface area contributed by atoms with Gasteiger partial charge in [-0.15, -0.1) is 0 Å². The maximum absolute atomic E-state index is 10.1. The van der Waals surface area contributed by atoms with E-state index in [4.69, 9.17) is 4.74 Å². The van der Waals surface area contributed by atoms with Gasteiger partial charge in [-0.2, -0.15) is 0 Å². The van der Waals surface area contributed by atoms with Crippen molar-refractivity contribution < 1.29 is 14.9 Å². The van der Waals surface area contributed by atoms with Crippen LogP contribution in [0.1, 0.15) is 38.2 Å². The number of phenols is 1. The van der Waals surface area contributed by atoms with Crippen LogP contribution in [0, 0.1) is 0 Å². The molecule has 4 nitrogen and oxygen atoms in total. The molecule has 1 aliphatic rings. The predicted molar refractivity (Wildman–Crippen MR) is 74.4 cm³/mol. The molecule has 0 radical (unpaired) electrons. The van der Waals surface area contributed by atoms with Crippen LogP contribution in [0.4, 0.5) is 0 Å². The number of para-hydroxylation sites is 1. The topological polar surface area (TPSA) is 61.7 Å². The number of benzene rings is 1. The Balaban J connectivity index is 1.90. The summed E-state index contributed by atoms with van der Waals surface area (Å²) in [5, 5.41) is 23.0. The smallest absolute Gasteiger partial charge is 0.162 e. The molecule has 0 bridgehead atoms. The van der Waals surface area contributed by atoms with Crippen LogP contribution in [0.15, 0.2) is 18.2 Å². The molecular formula is C15H23NO3. The van der Waals surface area contributed by atoms with Gasteiger partial charge in [0.15, 0.2) is 11.5 Å². The minimum atomic E-state index is -0.132. The first kappa shape index (κ1) is 14.2. The Morgan fingerprint density at radius 2 is 2.00 bits per heavy atom. The molecule has 1 saturated carbocycles. The molecule has 0 aromatic heterocycles. The zero-order chi connectivity index (χ0) is 13.7. The van der Waals surface area contributed by atoms with Gasteiger partial charge in [0.25, 0.3) is 0 Å². The molecule has 1 fully saturated rings. The van der Waals surface area contributed by atoms with Crippen molar-refractivity contribution in [2.24, 2.45) is 0 Å². The van der Waals surface area contributed by atoms with Crippen molar-refractivity contribution in [3.63, 3.8) is 0 Å². The number of hydrogen-bond donors (Lipinski definition) is 3. The van der Waals surface area contributed by atoms with E-state index in [1.165, 1.54) is 0 Å². The molecular weight excluding hydrogens is 242 g/mol. The molecule has 106 valence electrons. The minimum absolute atomic E-state index is 0.132. The van der Waals surface area contributed by atoms with Crippen molar-refractivity contribution in [1.29, 1.82) is 0 Å². The van der Waals surface area contributed by atoms with Gasteiger partial charge in [0.05, 0.1) is 12.7 Å². The summed E-state index contributed by atoms with van der Waals surface area (Å²) in [5.74, 6) is 0.772. The molecule has 1 aromatic carbocycles. The number of hydrogen-bond acceptors (Lipinski definition) is 4. The highest BCUT2D eigenvalue weighted by molar-refractivity contribution is 5.45. The van der Waals surface area contributed by atoms with E-state index in [2.05, 4.69) is 5.32 Å². The van der Waals surface area contributed by atoms with Crippen LogP contribution in [0.5, 0.6) is 11.5 Å². The van der Waals surface area contributed by atoms with Gasteiger partial charge in [-0.05, 0) is 38.7 Å². The molecule has 3 N–H and O–H groups in total. The quantitative estimate of drug-likeness (QED) is 0.763. The molecule has 0 atom stereocenters. The summed E-state index contributed by atoms with van der Waals surface area (Å²) >= 11 is 0. The van der Waals surface area contributed by atoms with Gasteiger partial charge >= 0.3 is 0 Å². The summed E-state index contributed by atoms with van der Waals surface area (Å²) in [6.45, 7) is 3.08. The largest absolute Gasteiger partial charge is 0.504 e. The average Bonchev–Trinajstić information content (AvgIpc) is 2.42. The van der Waals surface area contributed by atoms with Crippen molar-refractivity contribution in [2.75, 3.05) is 6.61 Å². The first-order valence-corrected chi connectivity index (χ1v) is 7.05. The van der Waals surface area contributed by atoms with Crippen molar-refractivity contribution in [1.82, 2.24) is 5.32 Å². The maximum atomic E-state index is 10.1. The van der Waals surface area contributed by atoms with E-state index >= 15 is 0 Å². The summed E-state index contributed by atoms with van der Waals surface area (Å²) in [4.78, 5) is 0. The highest BCUT2D eigenvalue weighted by Crippen LogP contribution is 2.30. The molecule has 0 unspecified atom stereocenters. The number of ether oxygens (including phenoxy) is 1. The summed E-state index contributed by atoms with van der Waals surface area (Å²) in [6.07, 6.45) is 3.58. The molecule has 0 saturated heterocycles. The average molecular weight is 265 g/mol. The van der Waals surface area contributed by atoms with Crippen LogP contribution < -0.4 is 10.1 Å². The molecule has 0 heterocycles. The monoisotopic (exact) mass is 265 g/mol. The van der Waals surface area contributed by atoms with Gasteiger partial charge in [0.1, 0.15) is 0 Å². The fourth-order valence-electron chi connectivity index (χ4n) is 2.52. The second kappa shape index (κ2) is 6.78. The third-order valence-corrected chi connectivity index (χ3v) is 3.66. The predicted octanol–water partition coefficient (Wildman–Crippen LogP) is 2.18.